The van der Waals surface area contributed by atoms with E-state index in [4.69, 9.17) is 13.9 Å². The fraction of sp³-hybridized carbons (Fsp3) is 0.348. The largest absolute Gasteiger partial charge is 0.497 e. The zero-order valence-electron chi connectivity index (χ0n) is 17.1. The second-order valence-electron chi connectivity index (χ2n) is 7.13. The number of anilines is 1. The monoisotopic (exact) mass is 394 g/mol. The molecule has 2 aromatic carbocycles. The topological polar surface area (TPSA) is 55.2 Å². The first-order valence-corrected chi connectivity index (χ1v) is 9.95. The second kappa shape index (κ2) is 8.07. The Morgan fingerprint density at radius 1 is 1.07 bits per heavy atom. The fourth-order valence-electron chi connectivity index (χ4n) is 3.78. The number of amides is 1. The Kier molecular flexibility index (Phi) is 5.34. The minimum atomic E-state index is -0.0537. The summed E-state index contributed by atoms with van der Waals surface area (Å²) < 4.78 is 16.8. The molecule has 0 atom stereocenters. The van der Waals surface area contributed by atoms with Crippen LogP contribution in [-0.4, -0.2) is 50.7 Å². The number of furan rings is 1. The molecule has 3 aromatic rings. The lowest BCUT2D eigenvalue weighted by Gasteiger charge is -2.35. The summed E-state index contributed by atoms with van der Waals surface area (Å²) in [5, 5.41) is 0.925. The molecule has 0 spiro atoms. The first kappa shape index (κ1) is 19.2. The molecule has 1 aliphatic rings. The molecular weight excluding hydrogens is 368 g/mol. The third-order valence-corrected chi connectivity index (χ3v) is 5.40. The predicted octanol–water partition coefficient (Wildman–Crippen LogP) is 4.11. The smallest absolute Gasteiger partial charge is 0.290 e. The maximum absolute atomic E-state index is 13.1. The average Bonchev–Trinajstić information content (AvgIpc) is 3.09. The Bertz CT molecular complexity index is 1020. The van der Waals surface area contributed by atoms with Gasteiger partial charge >= 0.3 is 0 Å². The van der Waals surface area contributed by atoms with Gasteiger partial charge in [0.2, 0.25) is 0 Å². The standard InChI is InChI=1S/C23H26N2O4/c1-4-28-19-8-9-21-20(15-19)16(2)22(29-21)23(26)25-12-10-24(11-13-25)17-6-5-7-18(14-17)27-3/h5-9,14-15H,4,10-13H2,1-3H3. The molecular formula is C23H26N2O4. The molecule has 1 aliphatic heterocycles. The quantitative estimate of drug-likeness (QED) is 0.652. The van der Waals surface area contributed by atoms with E-state index in [0.29, 0.717) is 31.0 Å². The van der Waals surface area contributed by atoms with Gasteiger partial charge in [-0.2, -0.15) is 0 Å². The van der Waals surface area contributed by atoms with Gasteiger partial charge in [-0.1, -0.05) is 6.07 Å². The van der Waals surface area contributed by atoms with E-state index < -0.39 is 0 Å². The van der Waals surface area contributed by atoms with E-state index in [2.05, 4.69) is 11.0 Å². The van der Waals surface area contributed by atoms with Crippen LogP contribution in [0.1, 0.15) is 23.0 Å². The Hall–Kier alpha value is -3.15. The van der Waals surface area contributed by atoms with Crippen LogP contribution < -0.4 is 14.4 Å². The predicted molar refractivity (Wildman–Crippen MR) is 113 cm³/mol. The number of nitrogens with zero attached hydrogens (tertiary/aromatic N) is 2. The highest BCUT2D eigenvalue weighted by molar-refractivity contribution is 5.99. The van der Waals surface area contributed by atoms with Crippen LogP contribution in [0.15, 0.2) is 46.9 Å². The van der Waals surface area contributed by atoms with Crippen molar-refractivity contribution in [3.8, 4) is 11.5 Å². The third-order valence-electron chi connectivity index (χ3n) is 5.40. The molecule has 4 rings (SSSR count). The lowest BCUT2D eigenvalue weighted by Crippen LogP contribution is -2.48. The molecule has 6 heteroatoms. The normalized spacial score (nSPS) is 14.3. The Morgan fingerprint density at radius 2 is 1.86 bits per heavy atom. The van der Waals surface area contributed by atoms with Gasteiger partial charge in [-0.25, -0.2) is 0 Å². The van der Waals surface area contributed by atoms with E-state index in [0.717, 1.165) is 41.2 Å². The van der Waals surface area contributed by atoms with E-state index in [1.807, 2.05) is 55.1 Å². The van der Waals surface area contributed by atoms with Crippen molar-refractivity contribution < 1.29 is 18.7 Å². The Labute approximate surface area is 170 Å². The summed E-state index contributed by atoms with van der Waals surface area (Å²) in [6, 6.07) is 13.7. The summed E-state index contributed by atoms with van der Waals surface area (Å²) >= 11 is 0. The van der Waals surface area contributed by atoms with E-state index >= 15 is 0 Å². The summed E-state index contributed by atoms with van der Waals surface area (Å²) in [6.45, 7) is 7.33. The highest BCUT2D eigenvalue weighted by atomic mass is 16.5. The first-order chi connectivity index (χ1) is 14.1. The van der Waals surface area contributed by atoms with Gasteiger partial charge in [0.15, 0.2) is 5.76 Å². The number of rotatable bonds is 5. The fourth-order valence-corrected chi connectivity index (χ4v) is 3.78. The van der Waals surface area contributed by atoms with Gasteiger partial charge in [-0.15, -0.1) is 0 Å². The number of ether oxygens (including phenoxy) is 2. The van der Waals surface area contributed by atoms with Crippen molar-refractivity contribution in [1.82, 2.24) is 4.90 Å². The number of hydrogen-bond acceptors (Lipinski definition) is 5. The maximum Gasteiger partial charge on any atom is 0.290 e. The van der Waals surface area contributed by atoms with Gasteiger partial charge in [0, 0.05) is 48.9 Å². The molecule has 6 nitrogen and oxygen atoms in total. The zero-order valence-corrected chi connectivity index (χ0v) is 17.1. The summed E-state index contributed by atoms with van der Waals surface area (Å²) in [5.74, 6) is 1.99. The summed E-state index contributed by atoms with van der Waals surface area (Å²) in [7, 11) is 1.67. The molecule has 1 saturated heterocycles. The summed E-state index contributed by atoms with van der Waals surface area (Å²) in [4.78, 5) is 17.2. The van der Waals surface area contributed by atoms with Crippen molar-refractivity contribution in [3.63, 3.8) is 0 Å². The van der Waals surface area contributed by atoms with Crippen molar-refractivity contribution in [2.45, 2.75) is 13.8 Å². The molecule has 29 heavy (non-hydrogen) atoms. The van der Waals surface area contributed by atoms with Crippen LogP contribution >= 0.6 is 0 Å². The Morgan fingerprint density at radius 3 is 2.59 bits per heavy atom. The number of fused-ring (bicyclic) bond motifs is 1. The number of benzene rings is 2. The SMILES string of the molecule is CCOc1ccc2oc(C(=O)N3CCN(c4cccc(OC)c4)CC3)c(C)c2c1. The van der Waals surface area contributed by atoms with Crippen LogP contribution in [0, 0.1) is 6.92 Å². The molecule has 0 bridgehead atoms. The molecule has 2 heterocycles. The number of aryl methyl sites for hydroxylation is 1. The van der Waals surface area contributed by atoms with Crippen molar-refractivity contribution in [3.05, 3.63) is 53.8 Å². The summed E-state index contributed by atoms with van der Waals surface area (Å²) in [6.07, 6.45) is 0. The van der Waals surface area contributed by atoms with Crippen LogP contribution in [0.25, 0.3) is 11.0 Å². The van der Waals surface area contributed by atoms with Crippen LogP contribution in [-0.2, 0) is 0 Å². The number of piperazine rings is 1. The molecule has 1 aromatic heterocycles. The van der Waals surface area contributed by atoms with Crippen molar-refractivity contribution in [2.24, 2.45) is 0 Å². The van der Waals surface area contributed by atoms with Gasteiger partial charge in [0.25, 0.3) is 5.91 Å². The van der Waals surface area contributed by atoms with Crippen LogP contribution in [0.5, 0.6) is 11.5 Å². The lowest BCUT2D eigenvalue weighted by atomic mass is 10.1. The summed E-state index contributed by atoms with van der Waals surface area (Å²) in [5.41, 5.74) is 2.69. The third kappa shape index (κ3) is 3.75. The van der Waals surface area contributed by atoms with Gasteiger partial charge in [0.05, 0.1) is 13.7 Å². The molecule has 1 amide bonds. The molecule has 1 fully saturated rings. The van der Waals surface area contributed by atoms with Crippen LogP contribution in [0.2, 0.25) is 0 Å². The van der Waals surface area contributed by atoms with Crippen molar-refractivity contribution in [2.75, 3.05) is 44.8 Å². The zero-order chi connectivity index (χ0) is 20.4. The minimum absolute atomic E-state index is 0.0537. The first-order valence-electron chi connectivity index (χ1n) is 9.95. The molecule has 0 unspecified atom stereocenters. The van der Waals surface area contributed by atoms with Gasteiger partial charge in [-0.05, 0) is 44.2 Å². The van der Waals surface area contributed by atoms with Crippen molar-refractivity contribution in [1.29, 1.82) is 0 Å². The molecule has 0 radical (unpaired) electrons. The molecule has 0 N–H and O–H groups in total. The highest BCUT2D eigenvalue weighted by Gasteiger charge is 2.27. The highest BCUT2D eigenvalue weighted by Crippen LogP contribution is 2.30. The van der Waals surface area contributed by atoms with Crippen LogP contribution in [0.3, 0.4) is 0 Å². The number of methoxy groups -OCH3 is 1. The average molecular weight is 394 g/mol. The Balaban J connectivity index is 1.48. The lowest BCUT2D eigenvalue weighted by molar-refractivity contribution is 0.0716. The minimum Gasteiger partial charge on any atom is -0.497 e. The van der Waals surface area contributed by atoms with E-state index in [1.165, 1.54) is 0 Å². The number of carbonyl (C=O) groups excluding carboxylic acids is 1. The molecule has 152 valence electrons. The van der Waals surface area contributed by atoms with E-state index in [-0.39, 0.29) is 5.91 Å². The van der Waals surface area contributed by atoms with Gasteiger partial charge in [-0.3, -0.25) is 4.79 Å². The van der Waals surface area contributed by atoms with E-state index in [9.17, 15) is 4.79 Å². The number of hydrogen-bond donors (Lipinski definition) is 0. The maximum atomic E-state index is 13.1. The van der Waals surface area contributed by atoms with Crippen LogP contribution in [0.4, 0.5) is 5.69 Å². The van der Waals surface area contributed by atoms with Gasteiger partial charge in [0.1, 0.15) is 17.1 Å². The molecule has 0 saturated carbocycles. The second-order valence-corrected chi connectivity index (χ2v) is 7.13. The number of carbonyl (C=O) groups is 1. The van der Waals surface area contributed by atoms with E-state index in [1.54, 1.807) is 7.11 Å². The molecule has 0 aliphatic carbocycles. The van der Waals surface area contributed by atoms with Gasteiger partial charge < -0.3 is 23.7 Å². The van der Waals surface area contributed by atoms with Crippen molar-refractivity contribution >= 4 is 22.6 Å².